The van der Waals surface area contributed by atoms with Gasteiger partial charge in [-0.05, 0) is 153 Å². The van der Waals surface area contributed by atoms with Gasteiger partial charge in [-0.2, -0.15) is 13.2 Å². The second-order valence-corrected chi connectivity index (χ2v) is 20.5. The average Bonchev–Trinajstić information content (AvgIpc) is 3.44. The first kappa shape index (κ1) is 40.6. The fourth-order valence-electron chi connectivity index (χ4n) is 9.83. The maximum atomic E-state index is 15.2. The van der Waals surface area contributed by atoms with Crippen LogP contribution in [0.5, 0.6) is 11.5 Å². The lowest BCUT2D eigenvalue weighted by Gasteiger charge is -2.28. The van der Waals surface area contributed by atoms with Gasteiger partial charge >= 0.3 is 23.3 Å². The van der Waals surface area contributed by atoms with Crippen molar-refractivity contribution in [2.75, 3.05) is 0 Å². The van der Waals surface area contributed by atoms with E-state index in [-0.39, 0.29) is 11.5 Å². The van der Waals surface area contributed by atoms with E-state index in [1.54, 1.807) is 0 Å². The Morgan fingerprint density at radius 3 is 1.27 bits per heavy atom. The predicted molar refractivity (Wildman–Crippen MR) is 249 cm³/mol. The third kappa shape index (κ3) is 7.18. The summed E-state index contributed by atoms with van der Waals surface area (Å²) in [7, 11) is -11.7. The number of hydrogen-bond acceptors (Lipinski definition) is 5. The highest BCUT2D eigenvalue weighted by Gasteiger charge is 2.53. The van der Waals surface area contributed by atoms with Crippen molar-refractivity contribution in [3.8, 4) is 67.1 Å². The molecule has 0 aromatic heterocycles. The summed E-state index contributed by atoms with van der Waals surface area (Å²) in [4.78, 5) is 0. The van der Waals surface area contributed by atoms with Crippen molar-refractivity contribution < 1.29 is 35.2 Å². The van der Waals surface area contributed by atoms with Crippen LogP contribution in [0.15, 0.2) is 146 Å². The van der Waals surface area contributed by atoms with Gasteiger partial charge in [-0.1, -0.05) is 126 Å². The predicted octanol–water partition coefficient (Wildman–Crippen LogP) is 14.4. The molecule has 320 valence electrons. The Morgan fingerprint density at radius 2 is 0.844 bits per heavy atom. The van der Waals surface area contributed by atoms with Gasteiger partial charge in [0, 0.05) is 22.3 Å². The molecule has 11 rings (SSSR count). The van der Waals surface area contributed by atoms with Crippen molar-refractivity contribution in [2.45, 2.75) is 56.9 Å². The zero-order valence-corrected chi connectivity index (χ0v) is 36.3. The zero-order chi connectivity index (χ0) is 43.8. The molecule has 1 N–H and O–H groups in total. The van der Waals surface area contributed by atoms with Gasteiger partial charge in [0.15, 0.2) is 0 Å². The van der Waals surface area contributed by atoms with Gasteiger partial charge < -0.3 is 9.05 Å². The lowest BCUT2D eigenvalue weighted by Crippen LogP contribution is -2.36. The molecule has 0 saturated carbocycles. The second kappa shape index (κ2) is 15.5. The summed E-state index contributed by atoms with van der Waals surface area (Å²) in [5.41, 5.74) is 5.56. The van der Waals surface area contributed by atoms with E-state index >= 15 is 4.57 Å². The van der Waals surface area contributed by atoms with Crippen LogP contribution < -0.4 is 13.5 Å². The molecule has 11 heteroatoms. The van der Waals surface area contributed by atoms with Crippen LogP contribution in [0.2, 0.25) is 0 Å². The highest BCUT2D eigenvalue weighted by molar-refractivity contribution is 7.95. The van der Waals surface area contributed by atoms with E-state index in [0.29, 0.717) is 46.2 Å². The zero-order valence-electron chi connectivity index (χ0n) is 34.5. The van der Waals surface area contributed by atoms with Gasteiger partial charge in [-0.3, -0.25) is 0 Å². The Morgan fingerprint density at radius 1 is 0.469 bits per heavy atom. The molecule has 0 radical (unpaired) electrons. The van der Waals surface area contributed by atoms with Crippen LogP contribution in [0.4, 0.5) is 13.2 Å². The minimum Gasteiger partial charge on any atom is -0.403 e. The molecule has 1 aliphatic heterocycles. The van der Waals surface area contributed by atoms with Crippen LogP contribution in [0, 0.1) is 0 Å². The molecule has 8 aromatic rings. The highest BCUT2D eigenvalue weighted by atomic mass is 32.2. The molecule has 3 aliphatic rings. The summed E-state index contributed by atoms with van der Waals surface area (Å²) in [6, 6.07) is 48.2. The van der Waals surface area contributed by atoms with Crippen molar-refractivity contribution in [1.82, 2.24) is 4.49 Å². The minimum atomic E-state index is -6.23. The van der Waals surface area contributed by atoms with E-state index in [4.69, 9.17) is 9.05 Å². The molecule has 0 saturated heterocycles. The Bertz CT molecular complexity index is 3150. The first-order valence-corrected chi connectivity index (χ1v) is 24.6. The monoisotopic (exact) mass is 891 g/mol. The number of fused-ring (bicyclic) bond motifs is 9. The third-order valence-corrected chi connectivity index (χ3v) is 16.3. The van der Waals surface area contributed by atoms with Gasteiger partial charge in [0.1, 0.15) is 11.5 Å². The molecule has 0 atom stereocenters. The smallest absolute Gasteiger partial charge is 0.403 e. The molecule has 0 unspecified atom stereocenters. The number of sulfonamides is 1. The van der Waals surface area contributed by atoms with Crippen molar-refractivity contribution in [3.63, 3.8) is 0 Å². The number of hydrogen-bond donors (Lipinski definition) is 1. The average molecular weight is 892 g/mol. The van der Waals surface area contributed by atoms with Crippen molar-refractivity contribution in [1.29, 1.82) is 0 Å². The van der Waals surface area contributed by atoms with Crippen LogP contribution in [0.3, 0.4) is 0 Å². The summed E-state index contributed by atoms with van der Waals surface area (Å²) >= 11 is 0. The summed E-state index contributed by atoms with van der Waals surface area (Å²) in [6.07, 6.45) is 6.34. The maximum absolute atomic E-state index is 15.2. The molecule has 2 aliphatic carbocycles. The molecular weight excluding hydrogens is 851 g/mol. The SMILES string of the molecule is O=P1(NS(=O)(=O)C(F)(F)F)Oc2c(-c3ccc(-c4ccc5ccccc5c4)cc3)cc3c(c2-c2c4c(cc(-c5ccc(-c6ccc7ccccc7c6)cc5)c2O1)CCCC4)CCCC3. The van der Waals surface area contributed by atoms with Crippen molar-refractivity contribution in [3.05, 3.63) is 168 Å². The quantitative estimate of drug-likeness (QED) is 0.168. The number of alkyl halides is 3. The normalized spacial score (nSPS) is 15.5. The van der Waals surface area contributed by atoms with Gasteiger partial charge in [0.25, 0.3) is 0 Å². The molecule has 64 heavy (non-hydrogen) atoms. The lowest BCUT2D eigenvalue weighted by atomic mass is 9.77. The molecule has 0 fully saturated rings. The lowest BCUT2D eigenvalue weighted by molar-refractivity contribution is -0.0443. The molecule has 1 heterocycles. The van der Waals surface area contributed by atoms with Gasteiger partial charge in [0.2, 0.25) is 0 Å². The number of aryl methyl sites for hydroxylation is 2. The maximum Gasteiger partial charge on any atom is 0.526 e. The van der Waals surface area contributed by atoms with E-state index < -0.39 is 23.3 Å². The molecule has 8 aromatic carbocycles. The molecular formula is C53H41F3NO5PS. The van der Waals surface area contributed by atoms with Gasteiger partial charge in [-0.15, -0.1) is 0 Å². The Hall–Kier alpha value is -6.19. The van der Waals surface area contributed by atoms with Crippen LogP contribution in [0.25, 0.3) is 77.2 Å². The van der Waals surface area contributed by atoms with Crippen LogP contribution >= 0.6 is 7.75 Å². The van der Waals surface area contributed by atoms with E-state index in [9.17, 15) is 21.6 Å². The topological polar surface area (TPSA) is 81.7 Å². The number of halogens is 3. The highest BCUT2D eigenvalue weighted by Crippen LogP contribution is 2.62. The Labute approximate surface area is 369 Å². The number of nitrogens with one attached hydrogen (secondary N) is 1. The number of benzene rings is 8. The van der Waals surface area contributed by atoms with Crippen molar-refractivity contribution in [2.24, 2.45) is 0 Å². The van der Waals surface area contributed by atoms with Crippen LogP contribution in [0.1, 0.15) is 47.9 Å². The van der Waals surface area contributed by atoms with Crippen LogP contribution in [-0.4, -0.2) is 13.9 Å². The van der Waals surface area contributed by atoms with E-state index in [2.05, 4.69) is 60.7 Å². The Kier molecular flexibility index (Phi) is 9.83. The summed E-state index contributed by atoms with van der Waals surface area (Å²) in [6.45, 7) is 0. The standard InChI is InChI=1S/C53H41F3NO5PS/c54-53(55,56)64(59,60)57-63(58)61-51-47(37-23-17-35(18-24-37)41-27-21-33-9-1-3-11-39(33)29-41)31-43-13-5-7-15-45(43)49(51)50-46-16-8-6-14-44(46)32-48(52(50)62-63)38-25-19-36(20-26-38)42-28-22-34-10-2-4-12-40(34)30-42/h1-4,9-12,17-32H,5-8,13-16H2,(H,57,58). The molecule has 6 nitrogen and oxygen atoms in total. The minimum absolute atomic E-state index is 0.0302. The summed E-state index contributed by atoms with van der Waals surface area (Å²) in [5.74, 6) is 0.0604. The van der Waals surface area contributed by atoms with E-state index in [0.717, 1.165) is 105 Å². The third-order valence-electron chi connectivity index (χ3n) is 13.0. The largest absolute Gasteiger partial charge is 0.526 e. The summed E-state index contributed by atoms with van der Waals surface area (Å²) in [5, 5.41) is 4.43. The summed E-state index contributed by atoms with van der Waals surface area (Å²) < 4.78 is 97.9. The van der Waals surface area contributed by atoms with Gasteiger partial charge in [0.05, 0.1) is 0 Å². The molecule has 0 amide bonds. The van der Waals surface area contributed by atoms with Crippen LogP contribution in [-0.2, 0) is 40.3 Å². The fraction of sp³-hybridized carbons (Fsp3) is 0.170. The second-order valence-electron chi connectivity index (χ2n) is 16.9. The molecule has 0 bridgehead atoms. The van der Waals surface area contributed by atoms with E-state index in [1.165, 1.54) is 4.49 Å². The first-order valence-electron chi connectivity index (χ1n) is 21.6. The molecule has 0 spiro atoms. The van der Waals surface area contributed by atoms with Gasteiger partial charge in [-0.25, -0.2) is 13.0 Å². The van der Waals surface area contributed by atoms with E-state index in [1.807, 2.05) is 84.9 Å². The Balaban J connectivity index is 1.13. The fourth-order valence-corrected chi connectivity index (χ4v) is 12.6. The number of rotatable bonds is 6. The van der Waals surface area contributed by atoms with Crippen molar-refractivity contribution >= 4 is 39.3 Å². The first-order chi connectivity index (χ1) is 30.9.